The Kier molecular flexibility index (Phi) is 5.53. The lowest BCUT2D eigenvalue weighted by molar-refractivity contribution is 1.12. The molecule has 1 aromatic rings. The quantitative estimate of drug-likeness (QED) is 0.574. The molecule has 0 aliphatic heterocycles. The Hall–Kier alpha value is 1.14. The third-order valence-electron chi connectivity index (χ3n) is 1.71. The lowest BCUT2D eigenvalue weighted by Gasteiger charge is -2.09. The summed E-state index contributed by atoms with van der Waals surface area (Å²) >= 11 is 13.9. The van der Waals surface area contributed by atoms with Crippen molar-refractivity contribution in [2.24, 2.45) is 0 Å². The van der Waals surface area contributed by atoms with E-state index in [9.17, 15) is 0 Å². The Morgan fingerprint density at radius 2 is 1.92 bits per heavy atom. The third-order valence-corrected chi connectivity index (χ3v) is 3.58. The van der Waals surface area contributed by atoms with Crippen molar-refractivity contribution in [1.82, 2.24) is 0 Å². The van der Waals surface area contributed by atoms with Crippen molar-refractivity contribution in [3.05, 3.63) is 33.8 Å². The molecule has 72 valence electrons. The minimum Gasteiger partial charge on any atom is -0.0924 e. The number of rotatable bonds is 3. The van der Waals surface area contributed by atoms with Crippen LogP contribution in [0, 0.1) is 0 Å². The molecule has 0 aliphatic carbocycles. The van der Waals surface area contributed by atoms with Crippen LogP contribution in [-0.4, -0.2) is 5.33 Å². The van der Waals surface area contributed by atoms with Crippen molar-refractivity contribution >= 4 is 63.7 Å². The molecule has 1 rings (SSSR count). The Morgan fingerprint density at radius 1 is 1.23 bits per heavy atom. The van der Waals surface area contributed by atoms with Crippen LogP contribution in [0.4, 0.5) is 0 Å². The number of benzene rings is 1. The van der Waals surface area contributed by atoms with Gasteiger partial charge in [-0.25, -0.2) is 0 Å². The first-order chi connectivity index (χ1) is 6.15. The smallest absolute Gasteiger partial charge is 0.0924 e. The van der Waals surface area contributed by atoms with Crippen LogP contribution in [0.25, 0.3) is 0 Å². The first-order valence-corrected chi connectivity index (χ1v) is 7.52. The highest BCUT2D eigenvalue weighted by atomic mass is 79.9. The molecule has 0 aromatic heterocycles. The van der Waals surface area contributed by atoms with Gasteiger partial charge in [-0.1, -0.05) is 69.8 Å². The molecule has 13 heavy (non-hydrogen) atoms. The molecule has 0 saturated carbocycles. The monoisotopic (exact) mass is 432 g/mol. The van der Waals surface area contributed by atoms with E-state index in [-0.39, 0.29) is 3.74 Å². The van der Waals surface area contributed by atoms with Crippen LogP contribution in [0.3, 0.4) is 0 Å². The summed E-state index contributed by atoms with van der Waals surface area (Å²) in [6.45, 7) is 0. The van der Waals surface area contributed by atoms with E-state index in [2.05, 4.69) is 81.9 Å². The lowest BCUT2D eigenvalue weighted by atomic mass is 10.1. The zero-order valence-corrected chi connectivity index (χ0v) is 13.1. The Balaban J connectivity index is 3.03. The maximum Gasteiger partial charge on any atom is 0.0949 e. The molecule has 0 nitrogen and oxygen atoms in total. The highest BCUT2D eigenvalue weighted by molar-refractivity contribution is 9.24. The molecule has 1 aromatic carbocycles. The van der Waals surface area contributed by atoms with E-state index in [0.29, 0.717) is 0 Å². The number of alkyl halides is 3. The average Bonchev–Trinajstić information content (AvgIpc) is 2.08. The molecule has 0 aliphatic rings. The molecule has 4 heteroatoms. The molecule has 0 radical (unpaired) electrons. The average molecular weight is 436 g/mol. The Labute approximate surface area is 112 Å². The van der Waals surface area contributed by atoms with E-state index in [1.165, 1.54) is 11.1 Å². The summed E-state index contributed by atoms with van der Waals surface area (Å²) in [7, 11) is 0. The maximum atomic E-state index is 3.52. The fourth-order valence-electron chi connectivity index (χ4n) is 1.10. The second-order valence-corrected chi connectivity index (χ2v) is 7.35. The molecular formula is C9H8Br4. The first-order valence-electron chi connectivity index (χ1n) is 3.77. The van der Waals surface area contributed by atoms with Crippen LogP contribution in [0.1, 0.15) is 14.9 Å². The predicted octanol–water partition coefficient (Wildman–Crippen LogP) is 5.17. The predicted molar refractivity (Wildman–Crippen MR) is 72.2 cm³/mol. The molecule has 0 spiro atoms. The molecule has 0 amide bonds. The molecule has 0 bridgehead atoms. The molecule has 0 heterocycles. The summed E-state index contributed by atoms with van der Waals surface area (Å²) in [5, 5.41) is 0.994. The van der Waals surface area contributed by atoms with Crippen molar-refractivity contribution in [1.29, 1.82) is 0 Å². The minimum atomic E-state index is 0.228. The second-order valence-electron chi connectivity index (χ2n) is 2.58. The molecule has 0 fully saturated rings. The number of halogens is 4. The molecular weight excluding hydrogens is 428 g/mol. The first kappa shape index (κ1) is 12.2. The van der Waals surface area contributed by atoms with Gasteiger partial charge in [-0.05, 0) is 29.7 Å². The van der Waals surface area contributed by atoms with E-state index in [0.717, 1.165) is 16.2 Å². The highest BCUT2D eigenvalue weighted by Crippen LogP contribution is 2.33. The zero-order valence-electron chi connectivity index (χ0n) is 6.74. The van der Waals surface area contributed by atoms with Crippen molar-refractivity contribution in [3.8, 4) is 0 Å². The van der Waals surface area contributed by atoms with Gasteiger partial charge < -0.3 is 0 Å². The molecule has 0 saturated heterocycles. The van der Waals surface area contributed by atoms with Gasteiger partial charge in [0.05, 0.1) is 3.74 Å². The van der Waals surface area contributed by atoms with Gasteiger partial charge in [0, 0.05) is 9.80 Å². The van der Waals surface area contributed by atoms with Crippen molar-refractivity contribution in [2.75, 3.05) is 5.33 Å². The second kappa shape index (κ2) is 5.89. The van der Waals surface area contributed by atoms with Gasteiger partial charge >= 0.3 is 0 Å². The number of hydrogen-bond acceptors (Lipinski definition) is 0. The van der Waals surface area contributed by atoms with E-state index in [1.807, 2.05) is 0 Å². The van der Waals surface area contributed by atoms with E-state index >= 15 is 0 Å². The van der Waals surface area contributed by atoms with Gasteiger partial charge in [-0.3, -0.25) is 0 Å². The fourth-order valence-corrected chi connectivity index (χ4v) is 2.76. The van der Waals surface area contributed by atoms with Crippen molar-refractivity contribution < 1.29 is 0 Å². The van der Waals surface area contributed by atoms with Gasteiger partial charge in [0.2, 0.25) is 0 Å². The van der Waals surface area contributed by atoms with Crippen LogP contribution in [0.15, 0.2) is 22.7 Å². The van der Waals surface area contributed by atoms with Gasteiger partial charge in [0.15, 0.2) is 0 Å². The van der Waals surface area contributed by atoms with Crippen LogP contribution < -0.4 is 0 Å². The number of hydrogen-bond donors (Lipinski definition) is 0. The van der Waals surface area contributed by atoms with Gasteiger partial charge in [0.25, 0.3) is 0 Å². The summed E-state index contributed by atoms with van der Waals surface area (Å²) in [6, 6.07) is 6.35. The van der Waals surface area contributed by atoms with Crippen LogP contribution in [0.2, 0.25) is 0 Å². The van der Waals surface area contributed by atoms with Crippen molar-refractivity contribution in [3.63, 3.8) is 0 Å². The maximum absolute atomic E-state index is 3.52. The SMILES string of the molecule is BrCCc1ccc(Br)cc1C(Br)Br. The highest BCUT2D eigenvalue weighted by Gasteiger charge is 2.08. The third kappa shape index (κ3) is 3.65. The normalized spacial score (nSPS) is 10.8. The van der Waals surface area contributed by atoms with Gasteiger partial charge in [-0.2, -0.15) is 0 Å². The Morgan fingerprint density at radius 3 is 2.46 bits per heavy atom. The van der Waals surface area contributed by atoms with Gasteiger partial charge in [0.1, 0.15) is 0 Å². The van der Waals surface area contributed by atoms with E-state index in [1.54, 1.807) is 0 Å². The van der Waals surface area contributed by atoms with E-state index in [4.69, 9.17) is 0 Å². The van der Waals surface area contributed by atoms with Crippen LogP contribution in [0.5, 0.6) is 0 Å². The summed E-state index contributed by atoms with van der Waals surface area (Å²) in [4.78, 5) is 0. The molecule has 0 unspecified atom stereocenters. The summed E-state index contributed by atoms with van der Waals surface area (Å²) in [5.41, 5.74) is 2.65. The zero-order chi connectivity index (χ0) is 9.84. The molecule has 0 atom stereocenters. The van der Waals surface area contributed by atoms with Gasteiger partial charge in [-0.15, -0.1) is 0 Å². The largest absolute Gasteiger partial charge is 0.0949 e. The minimum absolute atomic E-state index is 0.228. The lowest BCUT2D eigenvalue weighted by Crippen LogP contribution is -1.93. The van der Waals surface area contributed by atoms with E-state index < -0.39 is 0 Å². The van der Waals surface area contributed by atoms with Crippen molar-refractivity contribution in [2.45, 2.75) is 10.2 Å². The Bertz CT molecular complexity index is 283. The standard InChI is InChI=1S/C9H8Br4/c10-4-3-6-1-2-7(11)5-8(6)9(12)13/h1-2,5,9H,3-4H2. The fraction of sp³-hybridized carbons (Fsp3) is 0.333. The summed E-state index contributed by atoms with van der Waals surface area (Å²) < 4.78 is 1.34. The number of aryl methyl sites for hydroxylation is 1. The summed E-state index contributed by atoms with van der Waals surface area (Å²) in [6.07, 6.45) is 1.05. The topological polar surface area (TPSA) is 0 Å². The summed E-state index contributed by atoms with van der Waals surface area (Å²) in [5.74, 6) is 0. The molecule has 0 N–H and O–H groups in total. The van der Waals surface area contributed by atoms with Crippen LogP contribution >= 0.6 is 63.7 Å². The van der Waals surface area contributed by atoms with Crippen LogP contribution in [-0.2, 0) is 6.42 Å².